The van der Waals surface area contributed by atoms with Crippen molar-refractivity contribution in [2.45, 2.75) is 19.4 Å². The average molecular weight is 482 g/mol. The zero-order valence-electron chi connectivity index (χ0n) is 17.1. The Morgan fingerprint density at radius 3 is 2.47 bits per heavy atom. The number of methoxy groups -OCH3 is 1. The summed E-state index contributed by atoms with van der Waals surface area (Å²) in [7, 11) is 1.30. The van der Waals surface area contributed by atoms with Crippen LogP contribution in [0.25, 0.3) is 0 Å². The van der Waals surface area contributed by atoms with Crippen molar-refractivity contribution in [2.24, 2.45) is 0 Å². The minimum Gasteiger partial charge on any atom is -0.494 e. The molecule has 32 heavy (non-hydrogen) atoms. The van der Waals surface area contributed by atoms with Gasteiger partial charge in [0.2, 0.25) is 11.8 Å². The van der Waals surface area contributed by atoms with E-state index in [1.54, 1.807) is 32.0 Å². The van der Waals surface area contributed by atoms with Gasteiger partial charge in [0.15, 0.2) is 0 Å². The van der Waals surface area contributed by atoms with Crippen molar-refractivity contribution < 1.29 is 19.2 Å². The summed E-state index contributed by atoms with van der Waals surface area (Å²) in [5.74, 6) is -0.627. The highest BCUT2D eigenvalue weighted by atomic mass is 35.5. The number of aromatic nitrogens is 2. The Bertz CT molecular complexity index is 1190. The summed E-state index contributed by atoms with van der Waals surface area (Å²) in [6.45, 7) is 3.19. The van der Waals surface area contributed by atoms with Gasteiger partial charge in [0.25, 0.3) is 0 Å². The van der Waals surface area contributed by atoms with E-state index in [1.807, 2.05) is 0 Å². The molecule has 0 atom stereocenters. The fraction of sp³-hybridized carbons (Fsp3) is 0.200. The molecule has 12 heteroatoms. The lowest BCUT2D eigenvalue weighted by Gasteiger charge is -2.23. The largest absolute Gasteiger partial charge is 0.494 e. The summed E-state index contributed by atoms with van der Waals surface area (Å²) in [6, 6.07) is 6.55. The van der Waals surface area contributed by atoms with Crippen LogP contribution in [0.1, 0.15) is 19.4 Å². The molecule has 0 aliphatic carbocycles. The van der Waals surface area contributed by atoms with E-state index in [4.69, 9.17) is 27.9 Å². The van der Waals surface area contributed by atoms with E-state index in [2.05, 4.69) is 20.6 Å². The molecule has 168 valence electrons. The molecule has 0 saturated carbocycles. The number of halogens is 3. The Hall–Kier alpha value is -3.21. The Labute approximate surface area is 192 Å². The molecule has 0 radical (unpaired) electrons. The Balaban J connectivity index is 1.95. The number of benzene rings is 2. The number of ether oxygens (including phenoxy) is 1. The second-order valence-corrected chi connectivity index (χ2v) is 7.96. The van der Waals surface area contributed by atoms with Gasteiger partial charge in [-0.2, -0.15) is 9.37 Å². The monoisotopic (exact) mass is 481 g/mol. The standard InChI is InChI=1S/C20H18Cl2FN5O4/c1-20(2,29)10-6-11(21)12(22)7-14(10)25-18-4-5-24-19(27-18)26-15-9-16(28(30)31)13(23)8-17(15)32-3/h4-9,29H,1-3H3,(H2,24,25,26,27). The second kappa shape index (κ2) is 9.11. The summed E-state index contributed by atoms with van der Waals surface area (Å²) < 4.78 is 19.0. The highest BCUT2D eigenvalue weighted by molar-refractivity contribution is 6.42. The van der Waals surface area contributed by atoms with E-state index >= 15 is 0 Å². The lowest BCUT2D eigenvalue weighted by Crippen LogP contribution is -2.17. The molecule has 0 aliphatic rings. The van der Waals surface area contributed by atoms with Crippen molar-refractivity contribution in [3.8, 4) is 5.75 Å². The summed E-state index contributed by atoms with van der Waals surface area (Å²) in [5, 5.41) is 27.9. The maximum Gasteiger partial charge on any atom is 0.307 e. The van der Waals surface area contributed by atoms with Crippen LogP contribution in [-0.2, 0) is 5.60 Å². The van der Waals surface area contributed by atoms with Gasteiger partial charge in [0, 0.05) is 29.6 Å². The first-order valence-electron chi connectivity index (χ1n) is 9.10. The van der Waals surface area contributed by atoms with Crippen molar-refractivity contribution in [3.05, 3.63) is 68.1 Å². The van der Waals surface area contributed by atoms with Gasteiger partial charge >= 0.3 is 5.69 Å². The first-order chi connectivity index (χ1) is 15.0. The third kappa shape index (κ3) is 5.16. The summed E-state index contributed by atoms with van der Waals surface area (Å²) in [5.41, 5.74) is -0.912. The molecule has 3 aromatic rings. The lowest BCUT2D eigenvalue weighted by atomic mass is 9.96. The number of aliphatic hydroxyl groups is 1. The quantitative estimate of drug-likeness (QED) is 0.296. The molecule has 0 spiro atoms. The maximum atomic E-state index is 13.9. The van der Waals surface area contributed by atoms with E-state index in [0.717, 1.165) is 12.1 Å². The van der Waals surface area contributed by atoms with Gasteiger partial charge in [-0.1, -0.05) is 23.2 Å². The van der Waals surface area contributed by atoms with Gasteiger partial charge in [-0.05, 0) is 32.0 Å². The zero-order chi connectivity index (χ0) is 23.6. The molecule has 0 aliphatic heterocycles. The average Bonchev–Trinajstić information content (AvgIpc) is 2.70. The predicted molar refractivity (Wildman–Crippen MR) is 120 cm³/mol. The Morgan fingerprint density at radius 1 is 1.16 bits per heavy atom. The number of rotatable bonds is 7. The molecule has 0 unspecified atom stereocenters. The number of nitro benzene ring substituents is 1. The molecule has 1 heterocycles. The van der Waals surface area contributed by atoms with E-state index in [9.17, 15) is 19.6 Å². The van der Waals surface area contributed by atoms with Gasteiger partial charge < -0.3 is 20.5 Å². The van der Waals surface area contributed by atoms with Crippen LogP contribution in [-0.4, -0.2) is 27.1 Å². The first kappa shape index (κ1) is 23.5. The number of hydrogen-bond donors (Lipinski definition) is 3. The molecular weight excluding hydrogens is 464 g/mol. The van der Waals surface area contributed by atoms with Crippen LogP contribution in [0.5, 0.6) is 5.75 Å². The number of nitrogens with zero attached hydrogens (tertiary/aromatic N) is 3. The highest BCUT2D eigenvalue weighted by Gasteiger charge is 2.23. The fourth-order valence-corrected chi connectivity index (χ4v) is 3.18. The van der Waals surface area contributed by atoms with Crippen LogP contribution < -0.4 is 15.4 Å². The number of hydrogen-bond acceptors (Lipinski definition) is 8. The number of nitrogens with one attached hydrogen (secondary N) is 2. The van der Waals surface area contributed by atoms with Crippen molar-refractivity contribution >= 4 is 52.0 Å². The van der Waals surface area contributed by atoms with Crippen LogP contribution in [0, 0.1) is 15.9 Å². The molecule has 3 rings (SSSR count). The number of anilines is 4. The maximum absolute atomic E-state index is 13.9. The van der Waals surface area contributed by atoms with Crippen LogP contribution in [0.15, 0.2) is 36.5 Å². The molecule has 3 N–H and O–H groups in total. The van der Waals surface area contributed by atoms with Crippen molar-refractivity contribution in [2.75, 3.05) is 17.7 Å². The molecule has 0 amide bonds. The predicted octanol–water partition coefficient (Wildman–Crippen LogP) is 5.55. The van der Waals surface area contributed by atoms with Gasteiger partial charge in [0.05, 0.1) is 33.4 Å². The van der Waals surface area contributed by atoms with Crippen molar-refractivity contribution in [3.63, 3.8) is 0 Å². The van der Waals surface area contributed by atoms with Crippen molar-refractivity contribution in [1.82, 2.24) is 9.97 Å². The molecule has 2 aromatic carbocycles. The van der Waals surface area contributed by atoms with Crippen molar-refractivity contribution in [1.29, 1.82) is 0 Å². The minimum atomic E-state index is -1.23. The van der Waals surface area contributed by atoms with E-state index in [0.29, 0.717) is 17.1 Å². The molecule has 0 bridgehead atoms. The molecule has 9 nitrogen and oxygen atoms in total. The molecule has 0 saturated heterocycles. The summed E-state index contributed by atoms with van der Waals surface area (Å²) >= 11 is 12.2. The minimum absolute atomic E-state index is 0.0314. The van der Waals surface area contributed by atoms with E-state index in [-0.39, 0.29) is 27.4 Å². The summed E-state index contributed by atoms with van der Waals surface area (Å²) in [4.78, 5) is 18.6. The van der Waals surface area contributed by atoms with E-state index < -0.39 is 22.0 Å². The van der Waals surface area contributed by atoms with Gasteiger partial charge in [-0.3, -0.25) is 10.1 Å². The third-order valence-electron chi connectivity index (χ3n) is 4.35. The fourth-order valence-electron chi connectivity index (χ4n) is 2.85. The van der Waals surface area contributed by atoms with Gasteiger partial charge in [-0.15, -0.1) is 0 Å². The third-order valence-corrected chi connectivity index (χ3v) is 5.07. The van der Waals surface area contributed by atoms with Crippen LogP contribution in [0.2, 0.25) is 10.0 Å². The summed E-state index contributed by atoms with van der Waals surface area (Å²) in [6.07, 6.45) is 1.43. The first-order valence-corrected chi connectivity index (χ1v) is 9.86. The Kier molecular flexibility index (Phi) is 6.68. The van der Waals surface area contributed by atoms with Gasteiger partial charge in [0.1, 0.15) is 11.6 Å². The Morgan fingerprint density at radius 2 is 1.84 bits per heavy atom. The second-order valence-electron chi connectivity index (χ2n) is 7.15. The molecule has 0 fully saturated rings. The van der Waals surface area contributed by atoms with Gasteiger partial charge in [-0.25, -0.2) is 4.98 Å². The number of nitro groups is 1. The van der Waals surface area contributed by atoms with E-state index in [1.165, 1.54) is 13.3 Å². The smallest absolute Gasteiger partial charge is 0.307 e. The SMILES string of the molecule is COc1cc(F)c([N+](=O)[O-])cc1Nc1nccc(Nc2cc(Cl)c(Cl)cc2C(C)(C)O)n1. The normalized spacial score (nSPS) is 11.2. The highest BCUT2D eigenvalue weighted by Crippen LogP contribution is 2.37. The van der Waals surface area contributed by atoms with Crippen LogP contribution in [0.4, 0.5) is 33.2 Å². The molecule has 1 aromatic heterocycles. The zero-order valence-corrected chi connectivity index (χ0v) is 18.6. The molecular formula is C20H18Cl2FN5O4. The topological polar surface area (TPSA) is 122 Å². The van der Waals surface area contributed by atoms with Crippen LogP contribution >= 0.6 is 23.2 Å². The van der Waals surface area contributed by atoms with Crippen LogP contribution in [0.3, 0.4) is 0 Å². The lowest BCUT2D eigenvalue weighted by molar-refractivity contribution is -0.387.